The van der Waals surface area contributed by atoms with Crippen LogP contribution < -0.4 is 10.1 Å². The van der Waals surface area contributed by atoms with E-state index in [2.05, 4.69) is 15.5 Å². The third kappa shape index (κ3) is 4.11. The molecule has 0 radical (unpaired) electrons. The summed E-state index contributed by atoms with van der Waals surface area (Å²) in [5, 5.41) is 12.1. The van der Waals surface area contributed by atoms with E-state index in [9.17, 15) is 4.79 Å². The van der Waals surface area contributed by atoms with Crippen molar-refractivity contribution in [1.82, 2.24) is 19.7 Å². The van der Waals surface area contributed by atoms with Crippen LogP contribution in [0.3, 0.4) is 0 Å². The lowest BCUT2D eigenvalue weighted by Gasteiger charge is -2.12. The Balaban J connectivity index is 1.51. The van der Waals surface area contributed by atoms with Gasteiger partial charge in [-0.1, -0.05) is 30.3 Å². The Morgan fingerprint density at radius 1 is 0.971 bits per heavy atom. The number of rotatable bonds is 6. The minimum Gasteiger partial charge on any atom is -0.497 e. The van der Waals surface area contributed by atoms with Crippen molar-refractivity contribution in [2.24, 2.45) is 0 Å². The predicted molar refractivity (Wildman–Crippen MR) is 133 cm³/mol. The van der Waals surface area contributed by atoms with E-state index in [0.29, 0.717) is 11.3 Å². The second-order valence-corrected chi connectivity index (χ2v) is 7.78. The summed E-state index contributed by atoms with van der Waals surface area (Å²) in [6.45, 7) is 2.80. The van der Waals surface area contributed by atoms with E-state index >= 15 is 0 Å². The molecule has 7 heteroatoms. The monoisotopic (exact) mass is 449 g/mol. The molecule has 5 rings (SSSR count). The summed E-state index contributed by atoms with van der Waals surface area (Å²) in [7, 11) is 1.63. The van der Waals surface area contributed by atoms with Crippen molar-refractivity contribution in [3.63, 3.8) is 0 Å². The maximum Gasteiger partial charge on any atom is 0.256 e. The fourth-order valence-corrected chi connectivity index (χ4v) is 3.92. The Morgan fingerprint density at radius 3 is 2.59 bits per heavy atom. The fourth-order valence-electron chi connectivity index (χ4n) is 3.92. The van der Waals surface area contributed by atoms with Crippen molar-refractivity contribution in [2.45, 2.75) is 13.5 Å². The van der Waals surface area contributed by atoms with Gasteiger partial charge in [0.25, 0.3) is 5.91 Å². The number of nitrogens with zero attached hydrogens (tertiary/aromatic N) is 4. The lowest BCUT2D eigenvalue weighted by Crippen LogP contribution is -2.13. The molecule has 2 heterocycles. The maximum absolute atomic E-state index is 13.4. The molecule has 0 spiro atoms. The van der Waals surface area contributed by atoms with Gasteiger partial charge in [0.05, 0.1) is 23.9 Å². The van der Waals surface area contributed by atoms with E-state index in [1.807, 2.05) is 90.4 Å². The number of hydrogen-bond donors (Lipinski definition) is 1. The average molecular weight is 450 g/mol. The molecule has 0 aliphatic heterocycles. The van der Waals surface area contributed by atoms with Crippen molar-refractivity contribution in [3.05, 3.63) is 90.8 Å². The summed E-state index contributed by atoms with van der Waals surface area (Å²) >= 11 is 0. The molecule has 0 aliphatic rings. The quantitative estimate of drug-likeness (QED) is 0.373. The smallest absolute Gasteiger partial charge is 0.256 e. The molecule has 0 unspecified atom stereocenters. The van der Waals surface area contributed by atoms with Gasteiger partial charge in [-0.25, -0.2) is 4.98 Å². The molecule has 0 aliphatic carbocycles. The molecule has 1 N–H and O–H groups in total. The second kappa shape index (κ2) is 9.15. The Bertz CT molecular complexity index is 1470. The maximum atomic E-state index is 13.4. The number of benzene rings is 3. The molecule has 34 heavy (non-hydrogen) atoms. The standard InChI is InChI=1S/C27H23N5O2/c1-3-32-17-28-31-26(32)19-7-6-8-20(15-19)29-27(33)23-16-25(18-11-13-21(34-2)14-12-18)30-24-10-5-4-9-22(23)24/h4-17H,3H2,1-2H3,(H,29,33). The summed E-state index contributed by atoms with van der Waals surface area (Å²) in [5.41, 5.74) is 4.50. The molecule has 0 saturated carbocycles. The molecule has 168 valence electrons. The van der Waals surface area contributed by atoms with Crippen molar-refractivity contribution < 1.29 is 9.53 Å². The molecule has 0 atom stereocenters. The van der Waals surface area contributed by atoms with E-state index in [4.69, 9.17) is 9.72 Å². The highest BCUT2D eigenvalue weighted by Crippen LogP contribution is 2.28. The highest BCUT2D eigenvalue weighted by atomic mass is 16.5. The number of ether oxygens (including phenoxy) is 1. The van der Waals surface area contributed by atoms with Crippen molar-refractivity contribution in [1.29, 1.82) is 0 Å². The van der Waals surface area contributed by atoms with Crippen LogP contribution in [0.2, 0.25) is 0 Å². The molecular weight excluding hydrogens is 426 g/mol. The van der Waals surface area contributed by atoms with E-state index in [1.165, 1.54) is 0 Å². The van der Waals surface area contributed by atoms with Gasteiger partial charge in [-0.05, 0) is 55.5 Å². The SMILES string of the molecule is CCn1cnnc1-c1cccc(NC(=O)c2cc(-c3ccc(OC)cc3)nc3ccccc23)c1. The van der Waals surface area contributed by atoms with Crippen LogP contribution in [0.15, 0.2) is 85.2 Å². The van der Waals surface area contributed by atoms with Crippen LogP contribution >= 0.6 is 0 Å². The van der Waals surface area contributed by atoms with Crippen LogP contribution in [-0.2, 0) is 6.54 Å². The van der Waals surface area contributed by atoms with Gasteiger partial charge in [-0.3, -0.25) is 4.79 Å². The van der Waals surface area contributed by atoms with Crippen LogP contribution in [0.4, 0.5) is 5.69 Å². The van der Waals surface area contributed by atoms with E-state index in [1.54, 1.807) is 13.4 Å². The molecule has 7 nitrogen and oxygen atoms in total. The summed E-state index contributed by atoms with van der Waals surface area (Å²) in [4.78, 5) is 18.2. The van der Waals surface area contributed by atoms with Gasteiger partial charge in [0.15, 0.2) is 5.82 Å². The number of amides is 1. The zero-order chi connectivity index (χ0) is 23.5. The summed E-state index contributed by atoms with van der Waals surface area (Å²) in [5.74, 6) is 1.32. The highest BCUT2D eigenvalue weighted by Gasteiger charge is 2.15. The van der Waals surface area contributed by atoms with E-state index < -0.39 is 0 Å². The van der Waals surface area contributed by atoms with E-state index in [-0.39, 0.29) is 5.91 Å². The molecule has 0 bridgehead atoms. The van der Waals surface area contributed by atoms with Crippen molar-refractivity contribution in [2.75, 3.05) is 12.4 Å². The highest BCUT2D eigenvalue weighted by molar-refractivity contribution is 6.13. The van der Waals surface area contributed by atoms with Gasteiger partial charge in [0.2, 0.25) is 0 Å². The van der Waals surface area contributed by atoms with Gasteiger partial charge in [0, 0.05) is 28.7 Å². The largest absolute Gasteiger partial charge is 0.497 e. The third-order valence-corrected chi connectivity index (χ3v) is 5.68. The summed E-state index contributed by atoms with van der Waals surface area (Å²) in [6.07, 6.45) is 1.70. The minimum absolute atomic E-state index is 0.206. The van der Waals surface area contributed by atoms with Crippen LogP contribution in [0.1, 0.15) is 17.3 Å². The molecule has 0 saturated heterocycles. The number of methoxy groups -OCH3 is 1. The number of hydrogen-bond acceptors (Lipinski definition) is 5. The molecular formula is C27H23N5O2. The van der Waals surface area contributed by atoms with Gasteiger partial charge in [-0.15, -0.1) is 10.2 Å². The predicted octanol–water partition coefficient (Wildman–Crippen LogP) is 5.44. The molecule has 3 aromatic carbocycles. The fraction of sp³-hybridized carbons (Fsp3) is 0.111. The Kier molecular flexibility index (Phi) is 5.74. The first-order valence-corrected chi connectivity index (χ1v) is 11.0. The van der Waals surface area contributed by atoms with Crippen LogP contribution in [0, 0.1) is 0 Å². The Morgan fingerprint density at radius 2 is 1.79 bits per heavy atom. The number of carbonyl (C=O) groups is 1. The normalized spacial score (nSPS) is 10.9. The lowest BCUT2D eigenvalue weighted by atomic mass is 10.0. The number of pyridine rings is 1. The number of para-hydroxylation sites is 1. The first-order chi connectivity index (χ1) is 16.7. The number of aryl methyl sites for hydroxylation is 1. The van der Waals surface area contributed by atoms with Gasteiger partial charge >= 0.3 is 0 Å². The Labute approximate surface area is 197 Å². The number of anilines is 1. The number of aromatic nitrogens is 4. The summed E-state index contributed by atoms with van der Waals surface area (Å²) < 4.78 is 7.22. The summed E-state index contributed by atoms with van der Waals surface area (Å²) in [6, 6.07) is 24.7. The zero-order valence-corrected chi connectivity index (χ0v) is 18.9. The average Bonchev–Trinajstić information content (AvgIpc) is 3.37. The van der Waals surface area contributed by atoms with Gasteiger partial charge < -0.3 is 14.6 Å². The first kappa shape index (κ1) is 21.3. The van der Waals surface area contributed by atoms with Crippen LogP contribution in [0.25, 0.3) is 33.5 Å². The number of fused-ring (bicyclic) bond motifs is 1. The van der Waals surface area contributed by atoms with Crippen LogP contribution in [-0.4, -0.2) is 32.8 Å². The minimum atomic E-state index is -0.206. The van der Waals surface area contributed by atoms with Crippen molar-refractivity contribution in [3.8, 4) is 28.4 Å². The molecule has 1 amide bonds. The third-order valence-electron chi connectivity index (χ3n) is 5.68. The van der Waals surface area contributed by atoms with Crippen molar-refractivity contribution >= 4 is 22.5 Å². The lowest BCUT2D eigenvalue weighted by molar-refractivity contribution is 0.102. The van der Waals surface area contributed by atoms with Gasteiger partial charge in [-0.2, -0.15) is 0 Å². The number of nitrogens with one attached hydrogen (secondary N) is 1. The number of carbonyl (C=O) groups excluding carboxylic acids is 1. The topological polar surface area (TPSA) is 81.9 Å². The molecule has 0 fully saturated rings. The first-order valence-electron chi connectivity index (χ1n) is 11.0. The van der Waals surface area contributed by atoms with Crippen LogP contribution in [0.5, 0.6) is 5.75 Å². The molecule has 5 aromatic rings. The zero-order valence-electron chi connectivity index (χ0n) is 18.9. The van der Waals surface area contributed by atoms with Gasteiger partial charge in [0.1, 0.15) is 12.1 Å². The van der Waals surface area contributed by atoms with E-state index in [0.717, 1.165) is 45.8 Å². The Hall–Kier alpha value is -4.52. The molecule has 2 aromatic heterocycles. The second-order valence-electron chi connectivity index (χ2n) is 7.78.